The van der Waals surface area contributed by atoms with E-state index in [1.54, 1.807) is 0 Å². The van der Waals surface area contributed by atoms with Crippen molar-refractivity contribution in [3.05, 3.63) is 25.3 Å². The molecule has 70 valence electrons. The molecular weight excluding hydrogens is 174 g/mol. The van der Waals surface area contributed by atoms with Crippen LogP contribution in [-0.2, 0) is 4.74 Å². The van der Waals surface area contributed by atoms with Gasteiger partial charge in [-0.25, -0.2) is 0 Å². The Morgan fingerprint density at radius 3 is 2.17 bits per heavy atom. The fraction of sp³-hybridized carbons (Fsp3) is 0.556. The van der Waals surface area contributed by atoms with Gasteiger partial charge in [0.1, 0.15) is 0 Å². The Balaban J connectivity index is 0.00000121. The molecule has 2 nitrogen and oxygen atoms in total. The van der Waals surface area contributed by atoms with E-state index in [1.165, 1.54) is 0 Å². The van der Waals surface area contributed by atoms with Crippen molar-refractivity contribution in [2.75, 3.05) is 26.2 Å². The van der Waals surface area contributed by atoms with E-state index in [9.17, 15) is 0 Å². The minimum Gasteiger partial charge on any atom is -0.372 e. The van der Waals surface area contributed by atoms with Gasteiger partial charge in [0.05, 0.1) is 12.7 Å². The van der Waals surface area contributed by atoms with Gasteiger partial charge in [0, 0.05) is 19.6 Å². The second kappa shape index (κ2) is 6.23. The molecule has 1 heterocycles. The van der Waals surface area contributed by atoms with Crippen LogP contribution in [0.1, 0.15) is 0 Å². The SMILES string of the molecule is C=CCN(CC=C)CC1CO1.Cl. The lowest BCUT2D eigenvalue weighted by Crippen LogP contribution is -2.28. The fourth-order valence-electron chi connectivity index (χ4n) is 1.05. The van der Waals surface area contributed by atoms with Crippen molar-refractivity contribution in [3.8, 4) is 0 Å². The van der Waals surface area contributed by atoms with E-state index in [-0.39, 0.29) is 12.4 Å². The van der Waals surface area contributed by atoms with Gasteiger partial charge in [-0.3, -0.25) is 4.90 Å². The highest BCUT2D eigenvalue weighted by Gasteiger charge is 2.24. The van der Waals surface area contributed by atoms with Gasteiger partial charge in [-0.05, 0) is 0 Å². The standard InChI is InChI=1S/C9H15NO.ClH/c1-3-5-10(6-4-2)7-9-8-11-9;/h3-4,9H,1-2,5-8H2;1H. The first kappa shape index (κ1) is 11.7. The predicted molar refractivity (Wildman–Crippen MR) is 53.8 cm³/mol. The summed E-state index contributed by atoms with van der Waals surface area (Å²) in [6.45, 7) is 11.2. The van der Waals surface area contributed by atoms with E-state index in [0.29, 0.717) is 6.10 Å². The normalized spacial score (nSPS) is 19.9. The molecule has 1 unspecified atom stereocenters. The Kier molecular flexibility index (Phi) is 6.07. The number of hydrogen-bond acceptors (Lipinski definition) is 2. The molecule has 1 atom stereocenters. The third-order valence-electron chi connectivity index (χ3n) is 1.64. The molecule has 0 aromatic rings. The maximum Gasteiger partial charge on any atom is 0.0936 e. The molecule has 1 aliphatic heterocycles. The molecule has 0 aromatic carbocycles. The number of ether oxygens (including phenoxy) is 1. The number of nitrogens with zero attached hydrogens (tertiary/aromatic N) is 1. The van der Waals surface area contributed by atoms with Gasteiger partial charge in [-0.15, -0.1) is 25.6 Å². The van der Waals surface area contributed by atoms with Crippen molar-refractivity contribution < 1.29 is 4.74 Å². The minimum absolute atomic E-state index is 0. The average molecular weight is 190 g/mol. The summed E-state index contributed by atoms with van der Waals surface area (Å²) in [4.78, 5) is 2.26. The maximum atomic E-state index is 5.12. The van der Waals surface area contributed by atoms with Gasteiger partial charge in [-0.1, -0.05) is 12.2 Å². The second-order valence-electron chi connectivity index (χ2n) is 2.75. The number of halogens is 1. The lowest BCUT2D eigenvalue weighted by Gasteiger charge is -2.16. The van der Waals surface area contributed by atoms with Crippen LogP contribution in [0.2, 0.25) is 0 Å². The zero-order valence-electron chi connectivity index (χ0n) is 7.24. The van der Waals surface area contributed by atoms with E-state index in [0.717, 1.165) is 26.2 Å². The molecule has 0 saturated carbocycles. The van der Waals surface area contributed by atoms with E-state index in [4.69, 9.17) is 4.74 Å². The molecule has 0 N–H and O–H groups in total. The van der Waals surface area contributed by atoms with Gasteiger partial charge in [-0.2, -0.15) is 0 Å². The van der Waals surface area contributed by atoms with Crippen molar-refractivity contribution >= 4 is 12.4 Å². The third kappa shape index (κ3) is 4.54. The molecule has 1 fully saturated rings. The van der Waals surface area contributed by atoms with Crippen LogP contribution in [0.15, 0.2) is 25.3 Å². The summed E-state index contributed by atoms with van der Waals surface area (Å²) in [6.07, 6.45) is 4.28. The van der Waals surface area contributed by atoms with Crippen LogP contribution in [0.3, 0.4) is 0 Å². The van der Waals surface area contributed by atoms with Gasteiger partial charge >= 0.3 is 0 Å². The smallest absolute Gasteiger partial charge is 0.0936 e. The van der Waals surface area contributed by atoms with Crippen LogP contribution in [0.25, 0.3) is 0 Å². The summed E-state index contributed by atoms with van der Waals surface area (Å²) in [6, 6.07) is 0. The van der Waals surface area contributed by atoms with Crippen molar-refractivity contribution in [3.63, 3.8) is 0 Å². The van der Waals surface area contributed by atoms with E-state index in [1.807, 2.05) is 12.2 Å². The maximum absolute atomic E-state index is 5.12. The monoisotopic (exact) mass is 189 g/mol. The lowest BCUT2D eigenvalue weighted by atomic mass is 10.4. The van der Waals surface area contributed by atoms with Crippen LogP contribution in [0.5, 0.6) is 0 Å². The van der Waals surface area contributed by atoms with Gasteiger partial charge in [0.15, 0.2) is 0 Å². The van der Waals surface area contributed by atoms with E-state index in [2.05, 4.69) is 18.1 Å². The minimum atomic E-state index is 0. The Labute approximate surface area is 80.3 Å². The largest absolute Gasteiger partial charge is 0.372 e. The summed E-state index contributed by atoms with van der Waals surface area (Å²) >= 11 is 0. The topological polar surface area (TPSA) is 15.8 Å². The lowest BCUT2D eigenvalue weighted by molar-refractivity contribution is 0.284. The molecular formula is C9H16ClNO. The van der Waals surface area contributed by atoms with Crippen LogP contribution in [0.4, 0.5) is 0 Å². The summed E-state index contributed by atoms with van der Waals surface area (Å²) in [7, 11) is 0. The molecule has 0 amide bonds. The molecule has 12 heavy (non-hydrogen) atoms. The first-order valence-electron chi connectivity index (χ1n) is 3.92. The predicted octanol–water partition coefficient (Wildman–Crippen LogP) is 1.48. The Morgan fingerprint density at radius 1 is 1.33 bits per heavy atom. The second-order valence-corrected chi connectivity index (χ2v) is 2.75. The highest BCUT2D eigenvalue weighted by molar-refractivity contribution is 5.85. The van der Waals surface area contributed by atoms with E-state index >= 15 is 0 Å². The van der Waals surface area contributed by atoms with E-state index < -0.39 is 0 Å². The van der Waals surface area contributed by atoms with Gasteiger partial charge in [0.2, 0.25) is 0 Å². The van der Waals surface area contributed by atoms with Crippen LogP contribution < -0.4 is 0 Å². The van der Waals surface area contributed by atoms with Crippen LogP contribution >= 0.6 is 12.4 Å². The molecule has 0 bridgehead atoms. The molecule has 0 radical (unpaired) electrons. The van der Waals surface area contributed by atoms with Gasteiger partial charge < -0.3 is 4.74 Å². The third-order valence-corrected chi connectivity index (χ3v) is 1.64. The summed E-state index contributed by atoms with van der Waals surface area (Å²) in [5, 5.41) is 0. The number of rotatable bonds is 6. The average Bonchev–Trinajstić information content (AvgIpc) is 2.73. The quantitative estimate of drug-likeness (QED) is 0.465. The molecule has 1 saturated heterocycles. The van der Waals surface area contributed by atoms with Crippen LogP contribution in [-0.4, -0.2) is 37.2 Å². The Hall–Kier alpha value is -0.310. The summed E-state index contributed by atoms with van der Waals surface area (Å²) in [5.41, 5.74) is 0. The molecule has 1 rings (SSSR count). The first-order valence-corrected chi connectivity index (χ1v) is 3.92. The van der Waals surface area contributed by atoms with Crippen molar-refractivity contribution in [1.29, 1.82) is 0 Å². The molecule has 0 aromatic heterocycles. The fourth-order valence-corrected chi connectivity index (χ4v) is 1.05. The zero-order chi connectivity index (χ0) is 8.10. The molecule has 3 heteroatoms. The summed E-state index contributed by atoms with van der Waals surface area (Å²) < 4.78 is 5.12. The van der Waals surface area contributed by atoms with Crippen molar-refractivity contribution in [2.24, 2.45) is 0 Å². The highest BCUT2D eigenvalue weighted by Crippen LogP contribution is 2.10. The van der Waals surface area contributed by atoms with Gasteiger partial charge in [0.25, 0.3) is 0 Å². The Bertz CT molecular complexity index is 135. The molecule has 0 spiro atoms. The highest BCUT2D eigenvalue weighted by atomic mass is 35.5. The first-order chi connectivity index (χ1) is 5.36. The Morgan fingerprint density at radius 2 is 1.83 bits per heavy atom. The van der Waals surface area contributed by atoms with Crippen LogP contribution in [0, 0.1) is 0 Å². The summed E-state index contributed by atoms with van der Waals surface area (Å²) in [5.74, 6) is 0. The molecule has 1 aliphatic rings. The number of hydrogen-bond donors (Lipinski definition) is 0. The molecule has 0 aliphatic carbocycles. The zero-order valence-corrected chi connectivity index (χ0v) is 8.05. The van der Waals surface area contributed by atoms with Crippen molar-refractivity contribution in [1.82, 2.24) is 4.90 Å². The number of epoxide rings is 1. The van der Waals surface area contributed by atoms with Crippen molar-refractivity contribution in [2.45, 2.75) is 6.10 Å².